The molecule has 0 radical (unpaired) electrons. The lowest BCUT2D eigenvalue weighted by atomic mass is 10.1. The van der Waals surface area contributed by atoms with Crippen molar-refractivity contribution in [2.75, 3.05) is 0 Å². The van der Waals surface area contributed by atoms with Crippen molar-refractivity contribution in [3.05, 3.63) is 77.2 Å². The van der Waals surface area contributed by atoms with Gasteiger partial charge in [-0.3, -0.25) is 0 Å². The zero-order chi connectivity index (χ0) is 18.3. The first kappa shape index (κ1) is 16.2. The summed E-state index contributed by atoms with van der Waals surface area (Å²) < 4.78 is 14.7. The molecule has 0 saturated carbocycles. The average Bonchev–Trinajstić information content (AvgIpc) is 3.06. The molecule has 0 fully saturated rings. The maximum atomic E-state index is 13.2. The van der Waals surface area contributed by atoms with Crippen LogP contribution in [0.2, 0.25) is 5.02 Å². The van der Waals surface area contributed by atoms with Crippen molar-refractivity contribution in [3.8, 4) is 22.5 Å². The predicted octanol–water partition coefficient (Wildman–Crippen LogP) is 4.55. The molecule has 2 heterocycles. The van der Waals surface area contributed by atoms with Crippen LogP contribution in [0.5, 0.6) is 0 Å². The third-order valence-electron chi connectivity index (χ3n) is 3.98. The third-order valence-corrected chi connectivity index (χ3v) is 4.23. The molecule has 0 aliphatic heterocycles. The van der Waals surface area contributed by atoms with E-state index in [0.717, 1.165) is 5.56 Å². The number of fused-ring (bicyclic) bond motifs is 1. The number of aromatic carboxylic acids is 1. The Kier molecular flexibility index (Phi) is 3.89. The van der Waals surface area contributed by atoms with Crippen LogP contribution in [-0.4, -0.2) is 25.7 Å². The highest BCUT2D eigenvalue weighted by Crippen LogP contribution is 2.28. The second-order valence-electron chi connectivity index (χ2n) is 5.64. The second kappa shape index (κ2) is 6.24. The first-order valence-electron chi connectivity index (χ1n) is 7.67. The summed E-state index contributed by atoms with van der Waals surface area (Å²) in [6, 6.07) is 14.7. The molecule has 0 bridgehead atoms. The second-order valence-corrected chi connectivity index (χ2v) is 6.08. The van der Waals surface area contributed by atoms with Crippen LogP contribution >= 0.6 is 11.6 Å². The summed E-state index contributed by atoms with van der Waals surface area (Å²) in [7, 11) is 0. The molecule has 4 aromatic rings. The van der Waals surface area contributed by atoms with Gasteiger partial charge in [-0.2, -0.15) is 5.10 Å². The Morgan fingerprint density at radius 2 is 1.69 bits per heavy atom. The number of hydrogen-bond donors (Lipinski definition) is 1. The van der Waals surface area contributed by atoms with Crippen LogP contribution in [0.25, 0.3) is 28.2 Å². The fraction of sp³-hybridized carbons (Fsp3) is 0. The quantitative estimate of drug-likeness (QED) is 0.576. The molecule has 7 heteroatoms. The number of hydrogen-bond acceptors (Lipinski definition) is 3. The van der Waals surface area contributed by atoms with Gasteiger partial charge in [-0.05, 0) is 42.5 Å². The van der Waals surface area contributed by atoms with Crippen molar-refractivity contribution in [2.24, 2.45) is 0 Å². The van der Waals surface area contributed by atoms with E-state index in [1.165, 1.54) is 22.8 Å². The molecule has 26 heavy (non-hydrogen) atoms. The number of carboxylic acids is 1. The molecule has 5 nitrogen and oxygen atoms in total. The standard InChI is InChI=1S/C19H11ClFN3O2/c20-13-5-1-12(2-6-13)17-9-16(11-3-7-14(21)8-4-11)23-18-15(19(25)26)10-22-24(17)18/h1-10H,(H,25,26). The zero-order valence-corrected chi connectivity index (χ0v) is 14.0. The minimum absolute atomic E-state index is 0.0100. The summed E-state index contributed by atoms with van der Waals surface area (Å²) in [6.07, 6.45) is 1.26. The molecule has 0 atom stereocenters. The Bertz CT molecular complexity index is 1120. The van der Waals surface area contributed by atoms with E-state index < -0.39 is 5.97 Å². The average molecular weight is 368 g/mol. The summed E-state index contributed by atoms with van der Waals surface area (Å²) >= 11 is 5.96. The van der Waals surface area contributed by atoms with Crippen LogP contribution < -0.4 is 0 Å². The fourth-order valence-corrected chi connectivity index (χ4v) is 2.83. The summed E-state index contributed by atoms with van der Waals surface area (Å²) in [6.45, 7) is 0. The molecule has 128 valence electrons. The smallest absolute Gasteiger partial charge is 0.341 e. The minimum atomic E-state index is -1.12. The van der Waals surface area contributed by atoms with Gasteiger partial charge in [-0.1, -0.05) is 23.7 Å². The van der Waals surface area contributed by atoms with Gasteiger partial charge < -0.3 is 5.11 Å². The van der Waals surface area contributed by atoms with Crippen molar-refractivity contribution in [1.82, 2.24) is 14.6 Å². The molecular weight excluding hydrogens is 357 g/mol. The van der Waals surface area contributed by atoms with Gasteiger partial charge in [-0.15, -0.1) is 0 Å². The molecule has 0 unspecified atom stereocenters. The van der Waals surface area contributed by atoms with Crippen molar-refractivity contribution >= 4 is 23.2 Å². The van der Waals surface area contributed by atoms with E-state index in [1.807, 2.05) is 12.1 Å². The van der Waals surface area contributed by atoms with Gasteiger partial charge in [0.1, 0.15) is 11.4 Å². The van der Waals surface area contributed by atoms with Gasteiger partial charge in [0.2, 0.25) is 0 Å². The summed E-state index contributed by atoms with van der Waals surface area (Å²) in [4.78, 5) is 15.9. The van der Waals surface area contributed by atoms with Gasteiger partial charge in [0.25, 0.3) is 0 Å². The molecule has 4 rings (SSSR count). The van der Waals surface area contributed by atoms with Crippen molar-refractivity contribution in [1.29, 1.82) is 0 Å². The van der Waals surface area contributed by atoms with Crippen molar-refractivity contribution in [3.63, 3.8) is 0 Å². The van der Waals surface area contributed by atoms with Gasteiger partial charge >= 0.3 is 5.97 Å². The third kappa shape index (κ3) is 2.80. The first-order chi connectivity index (χ1) is 12.5. The van der Waals surface area contributed by atoms with E-state index in [0.29, 0.717) is 22.0 Å². The first-order valence-corrected chi connectivity index (χ1v) is 8.05. The topological polar surface area (TPSA) is 67.5 Å². The normalized spacial score (nSPS) is 11.0. The van der Waals surface area contributed by atoms with Gasteiger partial charge in [-0.25, -0.2) is 18.7 Å². The Morgan fingerprint density at radius 3 is 2.35 bits per heavy atom. The Labute approximate surface area is 152 Å². The lowest BCUT2D eigenvalue weighted by Gasteiger charge is -2.09. The number of carboxylic acid groups (broad SMARTS) is 1. The number of carbonyl (C=O) groups is 1. The molecule has 2 aromatic heterocycles. The number of halogens is 2. The number of benzene rings is 2. The Balaban J connectivity index is 2.01. The Morgan fingerprint density at radius 1 is 1.04 bits per heavy atom. The van der Waals surface area contributed by atoms with Crippen LogP contribution in [0.1, 0.15) is 10.4 Å². The molecular formula is C19H11ClFN3O2. The summed E-state index contributed by atoms with van der Waals surface area (Å²) in [5.74, 6) is -1.48. The maximum Gasteiger partial charge on any atom is 0.341 e. The van der Waals surface area contributed by atoms with Crippen LogP contribution in [0.4, 0.5) is 4.39 Å². The number of rotatable bonds is 3. The van der Waals surface area contributed by atoms with Crippen LogP contribution in [-0.2, 0) is 0 Å². The van der Waals surface area contributed by atoms with Crippen molar-refractivity contribution < 1.29 is 14.3 Å². The highest BCUT2D eigenvalue weighted by atomic mass is 35.5. The fourth-order valence-electron chi connectivity index (χ4n) is 2.71. The van der Waals surface area contributed by atoms with Gasteiger partial charge in [0, 0.05) is 16.1 Å². The van der Waals surface area contributed by atoms with E-state index in [1.54, 1.807) is 30.3 Å². The van der Waals surface area contributed by atoms with Crippen LogP contribution in [0, 0.1) is 5.82 Å². The van der Waals surface area contributed by atoms with E-state index >= 15 is 0 Å². The summed E-state index contributed by atoms with van der Waals surface area (Å²) in [5.41, 5.74) is 2.84. The molecule has 1 N–H and O–H groups in total. The predicted molar refractivity (Wildman–Crippen MR) is 95.8 cm³/mol. The van der Waals surface area contributed by atoms with E-state index in [4.69, 9.17) is 11.6 Å². The highest BCUT2D eigenvalue weighted by Gasteiger charge is 2.17. The molecule has 0 aliphatic carbocycles. The van der Waals surface area contributed by atoms with Crippen LogP contribution in [0.15, 0.2) is 60.8 Å². The Hall–Kier alpha value is -3.25. The minimum Gasteiger partial charge on any atom is -0.477 e. The molecule has 0 amide bonds. The molecule has 0 saturated heterocycles. The summed E-state index contributed by atoms with van der Waals surface area (Å²) in [5, 5.41) is 14.2. The highest BCUT2D eigenvalue weighted by molar-refractivity contribution is 6.30. The largest absolute Gasteiger partial charge is 0.477 e. The van der Waals surface area contributed by atoms with E-state index in [2.05, 4.69) is 10.1 Å². The lowest BCUT2D eigenvalue weighted by Crippen LogP contribution is -2.02. The number of aromatic nitrogens is 3. The monoisotopic (exact) mass is 367 g/mol. The van der Waals surface area contributed by atoms with E-state index in [-0.39, 0.29) is 17.0 Å². The van der Waals surface area contributed by atoms with Gasteiger partial charge in [0.15, 0.2) is 5.65 Å². The van der Waals surface area contributed by atoms with Gasteiger partial charge in [0.05, 0.1) is 17.6 Å². The number of nitrogens with zero attached hydrogens (tertiary/aromatic N) is 3. The van der Waals surface area contributed by atoms with Crippen LogP contribution in [0.3, 0.4) is 0 Å². The molecule has 2 aromatic carbocycles. The SMILES string of the molecule is O=C(O)c1cnn2c(-c3ccc(Cl)cc3)cc(-c3ccc(F)cc3)nc12. The van der Waals surface area contributed by atoms with E-state index in [9.17, 15) is 14.3 Å². The lowest BCUT2D eigenvalue weighted by molar-refractivity contribution is 0.0699. The maximum absolute atomic E-state index is 13.2. The molecule has 0 spiro atoms. The van der Waals surface area contributed by atoms with Crippen molar-refractivity contribution in [2.45, 2.75) is 0 Å². The zero-order valence-electron chi connectivity index (χ0n) is 13.2. The molecule has 0 aliphatic rings.